The third kappa shape index (κ3) is 4.63. The Hall–Kier alpha value is -2.74. The fourth-order valence-electron chi connectivity index (χ4n) is 2.75. The molecule has 1 aromatic heterocycles. The molecule has 132 valence electrons. The van der Waals surface area contributed by atoms with Crippen LogP contribution in [0.2, 0.25) is 0 Å². The summed E-state index contributed by atoms with van der Waals surface area (Å²) in [5.74, 6) is -0.735. The van der Waals surface area contributed by atoms with Crippen molar-refractivity contribution in [2.24, 2.45) is 0 Å². The highest BCUT2D eigenvalue weighted by atomic mass is 19.1. The van der Waals surface area contributed by atoms with Crippen LogP contribution >= 0.6 is 0 Å². The lowest BCUT2D eigenvalue weighted by Crippen LogP contribution is -2.47. The van der Waals surface area contributed by atoms with E-state index in [1.807, 2.05) is 12.1 Å². The van der Waals surface area contributed by atoms with Gasteiger partial charge in [-0.05, 0) is 24.3 Å². The average Bonchev–Trinajstić information content (AvgIpc) is 2.63. The van der Waals surface area contributed by atoms with Crippen LogP contribution in [0.3, 0.4) is 0 Å². The Morgan fingerprint density at radius 2 is 1.84 bits per heavy atom. The number of aromatic nitrogens is 2. The molecule has 8 heteroatoms. The number of rotatable bonds is 6. The maximum atomic E-state index is 13.0. The zero-order chi connectivity index (χ0) is 17.6. The van der Waals surface area contributed by atoms with Crippen LogP contribution in [-0.4, -0.2) is 65.2 Å². The highest BCUT2D eigenvalue weighted by Gasteiger charge is 2.16. The first kappa shape index (κ1) is 17.1. The minimum atomic E-state index is -1.09. The maximum absolute atomic E-state index is 13.0. The number of benzene rings is 1. The van der Waals surface area contributed by atoms with Crippen molar-refractivity contribution in [2.45, 2.75) is 0 Å². The Bertz CT molecular complexity index is 700. The number of hydrogen-bond donors (Lipinski definition) is 2. The molecule has 0 bridgehead atoms. The van der Waals surface area contributed by atoms with Crippen LogP contribution in [0.5, 0.6) is 0 Å². The molecule has 1 aliphatic rings. The summed E-state index contributed by atoms with van der Waals surface area (Å²) in [6, 6.07) is 6.60. The van der Waals surface area contributed by atoms with E-state index >= 15 is 0 Å². The molecule has 2 aromatic rings. The number of nitrogens with one attached hydrogen (secondary N) is 1. The van der Waals surface area contributed by atoms with Crippen LogP contribution in [0, 0.1) is 5.82 Å². The summed E-state index contributed by atoms with van der Waals surface area (Å²) < 4.78 is 13.0. The van der Waals surface area contributed by atoms with Crippen molar-refractivity contribution in [3.63, 3.8) is 0 Å². The Morgan fingerprint density at radius 1 is 1.12 bits per heavy atom. The van der Waals surface area contributed by atoms with E-state index < -0.39 is 5.97 Å². The van der Waals surface area contributed by atoms with E-state index in [4.69, 9.17) is 5.11 Å². The van der Waals surface area contributed by atoms with Gasteiger partial charge in [0.25, 0.3) is 0 Å². The van der Waals surface area contributed by atoms with Gasteiger partial charge in [0.05, 0.1) is 12.4 Å². The van der Waals surface area contributed by atoms with Crippen LogP contribution in [0.25, 0.3) is 0 Å². The second-order valence-electron chi connectivity index (χ2n) is 5.82. The van der Waals surface area contributed by atoms with Gasteiger partial charge < -0.3 is 15.3 Å². The van der Waals surface area contributed by atoms with Crippen LogP contribution in [0.15, 0.2) is 36.7 Å². The summed E-state index contributed by atoms with van der Waals surface area (Å²) >= 11 is 0. The summed E-state index contributed by atoms with van der Waals surface area (Å²) in [6.07, 6.45) is 2.67. The van der Waals surface area contributed by atoms with Gasteiger partial charge in [0.2, 0.25) is 0 Å². The fourth-order valence-corrected chi connectivity index (χ4v) is 2.75. The number of piperazine rings is 1. The van der Waals surface area contributed by atoms with E-state index in [9.17, 15) is 9.18 Å². The van der Waals surface area contributed by atoms with E-state index in [0.29, 0.717) is 12.4 Å². The molecule has 0 unspecified atom stereocenters. The zero-order valence-electron chi connectivity index (χ0n) is 13.7. The normalized spacial score (nSPS) is 15.2. The van der Waals surface area contributed by atoms with Crippen molar-refractivity contribution < 1.29 is 14.3 Å². The van der Waals surface area contributed by atoms with Crippen molar-refractivity contribution >= 4 is 17.5 Å². The van der Waals surface area contributed by atoms with Crippen molar-refractivity contribution in [2.75, 3.05) is 49.5 Å². The number of aromatic carboxylic acids is 1. The molecule has 0 amide bonds. The monoisotopic (exact) mass is 345 g/mol. The third-order valence-electron chi connectivity index (χ3n) is 4.17. The lowest BCUT2D eigenvalue weighted by molar-refractivity contribution is 0.0690. The fraction of sp³-hybridized carbons (Fsp3) is 0.353. The van der Waals surface area contributed by atoms with Crippen molar-refractivity contribution in [3.05, 3.63) is 48.2 Å². The van der Waals surface area contributed by atoms with Gasteiger partial charge in [0.1, 0.15) is 11.6 Å². The van der Waals surface area contributed by atoms with Gasteiger partial charge in [0, 0.05) is 45.0 Å². The second kappa shape index (κ2) is 7.89. The molecule has 0 aliphatic carbocycles. The lowest BCUT2D eigenvalue weighted by atomic mass is 10.2. The van der Waals surface area contributed by atoms with Crippen molar-refractivity contribution in [1.29, 1.82) is 0 Å². The predicted octanol–water partition coefficient (Wildman–Crippen LogP) is 1.55. The lowest BCUT2D eigenvalue weighted by Gasteiger charge is -2.36. The molecule has 3 rings (SSSR count). The van der Waals surface area contributed by atoms with Gasteiger partial charge in [0.15, 0.2) is 5.69 Å². The molecule has 25 heavy (non-hydrogen) atoms. The Kier molecular flexibility index (Phi) is 5.39. The van der Waals surface area contributed by atoms with E-state index in [1.54, 1.807) is 0 Å². The summed E-state index contributed by atoms with van der Waals surface area (Å²) in [5.41, 5.74) is 0.982. The van der Waals surface area contributed by atoms with Gasteiger partial charge in [-0.15, -0.1) is 0 Å². The first-order chi connectivity index (χ1) is 12.1. The first-order valence-electron chi connectivity index (χ1n) is 8.14. The highest BCUT2D eigenvalue weighted by molar-refractivity contribution is 5.84. The zero-order valence-corrected chi connectivity index (χ0v) is 13.7. The van der Waals surface area contributed by atoms with Gasteiger partial charge in [-0.2, -0.15) is 0 Å². The molecule has 0 spiro atoms. The number of halogens is 1. The van der Waals surface area contributed by atoms with E-state index in [0.717, 1.165) is 38.4 Å². The molecule has 0 saturated carbocycles. The number of nitrogens with zero attached hydrogens (tertiary/aromatic N) is 4. The van der Waals surface area contributed by atoms with Crippen molar-refractivity contribution in [1.82, 2.24) is 14.9 Å². The average molecular weight is 345 g/mol. The van der Waals surface area contributed by atoms with Crippen LogP contribution in [0.1, 0.15) is 10.5 Å². The second-order valence-corrected chi connectivity index (χ2v) is 5.82. The van der Waals surface area contributed by atoms with Crippen LogP contribution < -0.4 is 10.2 Å². The summed E-state index contributed by atoms with van der Waals surface area (Å²) in [4.78, 5) is 23.2. The van der Waals surface area contributed by atoms with Gasteiger partial charge in [-0.3, -0.25) is 4.90 Å². The predicted molar refractivity (Wildman–Crippen MR) is 92.5 cm³/mol. The summed E-state index contributed by atoms with van der Waals surface area (Å²) in [5, 5.41) is 11.9. The third-order valence-corrected chi connectivity index (χ3v) is 4.17. The molecule has 1 saturated heterocycles. The van der Waals surface area contributed by atoms with Gasteiger partial charge >= 0.3 is 5.97 Å². The topological polar surface area (TPSA) is 81.6 Å². The highest BCUT2D eigenvalue weighted by Crippen LogP contribution is 2.16. The van der Waals surface area contributed by atoms with E-state index in [2.05, 4.69) is 25.1 Å². The largest absolute Gasteiger partial charge is 0.476 e. The molecular weight excluding hydrogens is 325 g/mol. The molecule has 7 nitrogen and oxygen atoms in total. The van der Waals surface area contributed by atoms with Crippen LogP contribution in [0.4, 0.5) is 15.9 Å². The molecule has 2 N–H and O–H groups in total. The van der Waals surface area contributed by atoms with E-state index in [-0.39, 0.29) is 11.5 Å². The number of anilines is 2. The SMILES string of the molecule is O=C(O)c1cnc(NCCN2CCN(c3ccc(F)cc3)CC2)cn1. The Balaban J connectivity index is 1.40. The van der Waals surface area contributed by atoms with Gasteiger partial charge in [-0.25, -0.2) is 19.2 Å². The molecule has 0 atom stereocenters. The minimum absolute atomic E-state index is 0.0672. The van der Waals surface area contributed by atoms with Gasteiger partial charge in [-0.1, -0.05) is 0 Å². The first-order valence-corrected chi connectivity index (χ1v) is 8.14. The molecule has 2 heterocycles. The number of carbonyl (C=O) groups is 1. The number of carboxylic acid groups (broad SMARTS) is 1. The number of carboxylic acids is 1. The van der Waals surface area contributed by atoms with Crippen molar-refractivity contribution in [3.8, 4) is 0 Å². The number of hydrogen-bond acceptors (Lipinski definition) is 6. The molecule has 1 aromatic carbocycles. The standard InChI is InChI=1S/C17H20FN5O2/c18-13-1-3-14(4-2-13)23-9-7-22(8-10-23)6-5-19-16-12-20-15(11-21-16)17(24)25/h1-4,11-12H,5-10H2,(H,19,21)(H,24,25). The Labute approximate surface area is 145 Å². The molecule has 1 fully saturated rings. The quantitative estimate of drug-likeness (QED) is 0.822. The molecule has 0 radical (unpaired) electrons. The minimum Gasteiger partial charge on any atom is -0.476 e. The smallest absolute Gasteiger partial charge is 0.356 e. The summed E-state index contributed by atoms with van der Waals surface area (Å²) in [6.45, 7) is 5.24. The molecule has 1 aliphatic heterocycles. The van der Waals surface area contributed by atoms with E-state index in [1.165, 1.54) is 24.5 Å². The molecular formula is C17H20FN5O2. The van der Waals surface area contributed by atoms with Crippen LogP contribution in [-0.2, 0) is 0 Å². The maximum Gasteiger partial charge on any atom is 0.356 e. The summed E-state index contributed by atoms with van der Waals surface area (Å²) in [7, 11) is 0. The Morgan fingerprint density at radius 3 is 2.44 bits per heavy atom.